The van der Waals surface area contributed by atoms with Gasteiger partial charge in [0.15, 0.2) is 16.7 Å². The van der Waals surface area contributed by atoms with E-state index < -0.39 is 0 Å². The standard InChI is InChI=1S/C27H23N3O4S/c1-32-23-13-12-18(14-24(23)33-2)15-30-26(31)21-10-6-7-11-22(21)29-27(30)35-17-20-16-34-25(28-20)19-8-4-3-5-9-19/h3-14,16H,15,17H2,1-2H3. The number of hydrogen-bond donors (Lipinski definition) is 0. The van der Waals surface area contributed by atoms with E-state index in [9.17, 15) is 4.79 Å². The fraction of sp³-hybridized carbons (Fsp3) is 0.148. The molecule has 176 valence electrons. The molecule has 0 unspecified atom stereocenters. The van der Waals surface area contributed by atoms with E-state index in [1.54, 1.807) is 31.1 Å². The van der Waals surface area contributed by atoms with E-state index in [0.29, 0.717) is 45.7 Å². The summed E-state index contributed by atoms with van der Waals surface area (Å²) < 4.78 is 18.1. The molecule has 0 bridgehead atoms. The number of nitrogens with zero attached hydrogens (tertiary/aromatic N) is 3. The Labute approximate surface area is 206 Å². The zero-order valence-electron chi connectivity index (χ0n) is 19.3. The number of hydrogen-bond acceptors (Lipinski definition) is 7. The van der Waals surface area contributed by atoms with Crippen LogP contribution in [0.15, 0.2) is 93.4 Å². The Morgan fingerprint density at radius 1 is 0.914 bits per heavy atom. The highest BCUT2D eigenvalue weighted by atomic mass is 32.2. The van der Waals surface area contributed by atoms with Crippen molar-refractivity contribution >= 4 is 22.7 Å². The van der Waals surface area contributed by atoms with Crippen LogP contribution in [0.1, 0.15) is 11.3 Å². The fourth-order valence-electron chi connectivity index (χ4n) is 3.78. The molecule has 2 heterocycles. The van der Waals surface area contributed by atoms with Crippen LogP contribution in [0.3, 0.4) is 0 Å². The van der Waals surface area contributed by atoms with Gasteiger partial charge in [-0.15, -0.1) is 0 Å². The SMILES string of the molecule is COc1ccc(Cn2c(SCc3coc(-c4ccccc4)n3)nc3ccccc3c2=O)cc1OC. The summed E-state index contributed by atoms with van der Waals surface area (Å²) in [6, 6.07) is 22.7. The van der Waals surface area contributed by atoms with Gasteiger partial charge < -0.3 is 13.9 Å². The molecule has 0 saturated carbocycles. The Hall–Kier alpha value is -4.04. The Balaban J connectivity index is 1.47. The van der Waals surface area contributed by atoms with Crippen LogP contribution in [0.4, 0.5) is 0 Å². The van der Waals surface area contributed by atoms with Gasteiger partial charge in [0.05, 0.1) is 37.4 Å². The summed E-state index contributed by atoms with van der Waals surface area (Å²) in [5.41, 5.74) is 3.15. The number of benzene rings is 3. The first-order valence-electron chi connectivity index (χ1n) is 11.0. The minimum Gasteiger partial charge on any atom is -0.493 e. The van der Waals surface area contributed by atoms with Crippen LogP contribution in [0.5, 0.6) is 11.5 Å². The number of para-hydroxylation sites is 1. The Bertz CT molecular complexity index is 1530. The molecule has 0 saturated heterocycles. The van der Waals surface area contributed by atoms with Gasteiger partial charge >= 0.3 is 0 Å². The molecule has 0 N–H and O–H groups in total. The van der Waals surface area contributed by atoms with Gasteiger partial charge in [0.1, 0.15) is 6.26 Å². The molecule has 0 amide bonds. The quantitative estimate of drug-likeness (QED) is 0.215. The van der Waals surface area contributed by atoms with Crippen molar-refractivity contribution in [3.8, 4) is 23.0 Å². The number of rotatable bonds is 8. The fourth-order valence-corrected chi connectivity index (χ4v) is 4.66. The van der Waals surface area contributed by atoms with Crippen LogP contribution in [0, 0.1) is 0 Å². The van der Waals surface area contributed by atoms with Gasteiger partial charge in [-0.3, -0.25) is 9.36 Å². The normalized spacial score (nSPS) is 11.0. The molecule has 5 aromatic rings. The summed E-state index contributed by atoms with van der Waals surface area (Å²) in [4.78, 5) is 22.9. The molecule has 8 heteroatoms. The van der Waals surface area contributed by atoms with E-state index in [1.807, 2.05) is 66.7 Å². The summed E-state index contributed by atoms with van der Waals surface area (Å²) in [7, 11) is 3.19. The topological polar surface area (TPSA) is 79.4 Å². The van der Waals surface area contributed by atoms with Gasteiger partial charge in [-0.2, -0.15) is 0 Å². The molecule has 2 aromatic heterocycles. The third-order valence-electron chi connectivity index (χ3n) is 5.54. The first-order chi connectivity index (χ1) is 17.2. The molecule has 0 radical (unpaired) electrons. The number of methoxy groups -OCH3 is 2. The second-order valence-corrected chi connectivity index (χ2v) is 8.73. The van der Waals surface area contributed by atoms with Crippen molar-refractivity contribution < 1.29 is 13.9 Å². The third-order valence-corrected chi connectivity index (χ3v) is 6.55. The van der Waals surface area contributed by atoms with Gasteiger partial charge in [0.2, 0.25) is 5.89 Å². The van der Waals surface area contributed by atoms with E-state index in [2.05, 4.69) is 4.98 Å². The van der Waals surface area contributed by atoms with Crippen LogP contribution in [-0.4, -0.2) is 28.8 Å². The number of oxazole rings is 1. The van der Waals surface area contributed by atoms with E-state index in [1.165, 1.54) is 11.8 Å². The molecule has 35 heavy (non-hydrogen) atoms. The van der Waals surface area contributed by atoms with E-state index in [-0.39, 0.29) is 5.56 Å². The Morgan fingerprint density at radius 2 is 1.69 bits per heavy atom. The van der Waals surface area contributed by atoms with Crippen LogP contribution < -0.4 is 15.0 Å². The second-order valence-electron chi connectivity index (χ2n) is 7.79. The molecule has 0 aliphatic rings. The summed E-state index contributed by atoms with van der Waals surface area (Å²) in [6.07, 6.45) is 1.65. The molecule has 5 rings (SSSR count). The molecular formula is C27H23N3O4S. The summed E-state index contributed by atoms with van der Waals surface area (Å²) in [5.74, 6) is 2.31. The lowest BCUT2D eigenvalue weighted by Gasteiger charge is -2.14. The first kappa shape index (κ1) is 22.7. The van der Waals surface area contributed by atoms with Gasteiger partial charge in [0.25, 0.3) is 5.56 Å². The van der Waals surface area contributed by atoms with Crippen molar-refractivity contribution in [1.82, 2.24) is 14.5 Å². The highest BCUT2D eigenvalue weighted by molar-refractivity contribution is 7.98. The summed E-state index contributed by atoms with van der Waals surface area (Å²) >= 11 is 1.45. The number of aromatic nitrogens is 3. The van der Waals surface area contributed by atoms with Crippen molar-refractivity contribution in [2.24, 2.45) is 0 Å². The van der Waals surface area contributed by atoms with Crippen molar-refractivity contribution in [1.29, 1.82) is 0 Å². The van der Waals surface area contributed by atoms with E-state index in [0.717, 1.165) is 16.8 Å². The maximum atomic E-state index is 13.5. The Morgan fingerprint density at radius 3 is 2.49 bits per heavy atom. The van der Waals surface area contributed by atoms with Gasteiger partial charge in [-0.25, -0.2) is 9.97 Å². The largest absolute Gasteiger partial charge is 0.493 e. The monoisotopic (exact) mass is 485 g/mol. The minimum absolute atomic E-state index is 0.0991. The average Bonchev–Trinajstić information content (AvgIpc) is 3.39. The first-order valence-corrected chi connectivity index (χ1v) is 12.0. The maximum Gasteiger partial charge on any atom is 0.262 e. The molecule has 0 aliphatic heterocycles. The van der Waals surface area contributed by atoms with Crippen LogP contribution in [0.25, 0.3) is 22.4 Å². The predicted molar refractivity (Wildman–Crippen MR) is 136 cm³/mol. The van der Waals surface area contributed by atoms with Crippen molar-refractivity contribution in [3.63, 3.8) is 0 Å². The number of ether oxygens (including phenoxy) is 2. The van der Waals surface area contributed by atoms with Crippen LogP contribution in [-0.2, 0) is 12.3 Å². The molecule has 0 spiro atoms. The van der Waals surface area contributed by atoms with E-state index >= 15 is 0 Å². The van der Waals surface area contributed by atoms with Gasteiger partial charge in [-0.1, -0.05) is 48.2 Å². The number of fused-ring (bicyclic) bond motifs is 1. The zero-order chi connectivity index (χ0) is 24.2. The predicted octanol–water partition coefficient (Wildman–Crippen LogP) is 5.41. The number of thioether (sulfide) groups is 1. The van der Waals surface area contributed by atoms with E-state index in [4.69, 9.17) is 18.9 Å². The maximum absolute atomic E-state index is 13.5. The van der Waals surface area contributed by atoms with Crippen LogP contribution >= 0.6 is 11.8 Å². The van der Waals surface area contributed by atoms with Crippen molar-refractivity contribution in [2.75, 3.05) is 14.2 Å². The molecule has 0 fully saturated rings. The van der Waals surface area contributed by atoms with Gasteiger partial charge in [0, 0.05) is 11.3 Å². The minimum atomic E-state index is -0.0991. The zero-order valence-corrected chi connectivity index (χ0v) is 20.1. The van der Waals surface area contributed by atoms with Gasteiger partial charge in [-0.05, 0) is 42.0 Å². The molecule has 0 aliphatic carbocycles. The highest BCUT2D eigenvalue weighted by Crippen LogP contribution is 2.29. The highest BCUT2D eigenvalue weighted by Gasteiger charge is 2.15. The molecule has 3 aromatic carbocycles. The molecular weight excluding hydrogens is 462 g/mol. The lowest BCUT2D eigenvalue weighted by molar-refractivity contribution is 0.354. The van der Waals surface area contributed by atoms with Crippen molar-refractivity contribution in [3.05, 3.63) is 101 Å². The lowest BCUT2D eigenvalue weighted by atomic mass is 10.2. The summed E-state index contributed by atoms with van der Waals surface area (Å²) in [6.45, 7) is 0.341. The average molecular weight is 486 g/mol. The lowest BCUT2D eigenvalue weighted by Crippen LogP contribution is -2.24. The molecule has 0 atom stereocenters. The Kier molecular flexibility index (Phi) is 6.54. The van der Waals surface area contributed by atoms with Crippen molar-refractivity contribution in [2.45, 2.75) is 17.5 Å². The smallest absolute Gasteiger partial charge is 0.262 e. The molecule has 7 nitrogen and oxygen atoms in total. The third kappa shape index (κ3) is 4.79. The second kappa shape index (κ2) is 10.1. The van der Waals surface area contributed by atoms with Crippen LogP contribution in [0.2, 0.25) is 0 Å². The summed E-state index contributed by atoms with van der Waals surface area (Å²) in [5, 5.41) is 1.18.